The predicted octanol–water partition coefficient (Wildman–Crippen LogP) is 2.83. The molecule has 0 fully saturated rings. The number of benzene rings is 1. The van der Waals surface area contributed by atoms with E-state index in [1.54, 1.807) is 18.3 Å². The van der Waals surface area contributed by atoms with Crippen molar-refractivity contribution >= 4 is 44.1 Å². The SMILES string of the molecule is NC(=O)N(c1cccc(O)c1)c1ncc(Br)s1. The molecular formula is C10H8BrN3O2S. The Morgan fingerprint density at radius 2 is 2.29 bits per heavy atom. The summed E-state index contributed by atoms with van der Waals surface area (Å²) < 4.78 is 0.791. The van der Waals surface area contributed by atoms with Crippen molar-refractivity contribution < 1.29 is 9.90 Å². The first-order valence-corrected chi connectivity index (χ1v) is 6.19. The molecule has 0 aliphatic carbocycles. The number of nitrogens with zero attached hydrogens (tertiary/aromatic N) is 2. The van der Waals surface area contributed by atoms with Crippen LogP contribution in [0.15, 0.2) is 34.2 Å². The van der Waals surface area contributed by atoms with E-state index in [2.05, 4.69) is 20.9 Å². The summed E-state index contributed by atoms with van der Waals surface area (Å²) >= 11 is 4.54. The standard InChI is InChI=1S/C10H8BrN3O2S/c11-8-5-13-10(17-8)14(9(12)16)6-2-1-3-7(15)4-6/h1-5,15H,(H2,12,16). The average Bonchev–Trinajstić information content (AvgIpc) is 2.64. The molecule has 3 N–H and O–H groups in total. The summed E-state index contributed by atoms with van der Waals surface area (Å²) in [6.45, 7) is 0. The Kier molecular flexibility index (Phi) is 3.30. The topological polar surface area (TPSA) is 79.5 Å². The molecule has 88 valence electrons. The Labute approximate surface area is 110 Å². The fraction of sp³-hybridized carbons (Fsp3) is 0. The van der Waals surface area contributed by atoms with Gasteiger partial charge in [-0.25, -0.2) is 14.7 Å². The Balaban J connectivity index is 2.46. The highest BCUT2D eigenvalue weighted by molar-refractivity contribution is 9.11. The second-order valence-electron chi connectivity index (χ2n) is 3.14. The lowest BCUT2D eigenvalue weighted by Gasteiger charge is -2.17. The predicted molar refractivity (Wildman–Crippen MR) is 69.6 cm³/mol. The number of phenols is 1. The molecule has 1 aromatic heterocycles. The summed E-state index contributed by atoms with van der Waals surface area (Å²) in [4.78, 5) is 16.7. The second kappa shape index (κ2) is 4.72. The smallest absolute Gasteiger partial charge is 0.325 e. The molecular weight excluding hydrogens is 306 g/mol. The van der Waals surface area contributed by atoms with Gasteiger partial charge in [0.2, 0.25) is 0 Å². The van der Waals surface area contributed by atoms with Gasteiger partial charge in [0.1, 0.15) is 5.75 Å². The first kappa shape index (κ1) is 11.9. The first-order valence-electron chi connectivity index (χ1n) is 4.58. The zero-order valence-corrected chi connectivity index (χ0v) is 10.9. The molecule has 0 saturated carbocycles. The summed E-state index contributed by atoms with van der Waals surface area (Å²) in [7, 11) is 0. The molecule has 2 amide bonds. The molecule has 0 saturated heterocycles. The molecule has 2 aromatic rings. The van der Waals surface area contributed by atoms with Gasteiger partial charge in [-0.2, -0.15) is 0 Å². The van der Waals surface area contributed by atoms with Crippen LogP contribution in [-0.4, -0.2) is 16.1 Å². The molecule has 0 unspecified atom stereocenters. The fourth-order valence-electron chi connectivity index (χ4n) is 1.31. The number of aromatic nitrogens is 1. The number of carbonyl (C=O) groups excluding carboxylic acids is 1. The Morgan fingerprint density at radius 1 is 1.53 bits per heavy atom. The molecule has 0 atom stereocenters. The summed E-state index contributed by atoms with van der Waals surface area (Å²) in [5.41, 5.74) is 5.79. The van der Waals surface area contributed by atoms with Crippen molar-refractivity contribution in [1.82, 2.24) is 4.98 Å². The van der Waals surface area contributed by atoms with Crippen LogP contribution in [0.4, 0.5) is 15.6 Å². The van der Waals surface area contributed by atoms with Crippen LogP contribution in [0.25, 0.3) is 0 Å². The highest BCUT2D eigenvalue weighted by Crippen LogP contribution is 2.32. The maximum Gasteiger partial charge on any atom is 0.325 e. The number of rotatable bonds is 2. The molecule has 0 aliphatic heterocycles. The largest absolute Gasteiger partial charge is 0.508 e. The Hall–Kier alpha value is -1.60. The van der Waals surface area contributed by atoms with E-state index in [0.717, 1.165) is 3.79 Å². The minimum Gasteiger partial charge on any atom is -0.508 e. The van der Waals surface area contributed by atoms with Crippen molar-refractivity contribution in [3.63, 3.8) is 0 Å². The highest BCUT2D eigenvalue weighted by Gasteiger charge is 2.18. The molecule has 1 heterocycles. The van der Waals surface area contributed by atoms with E-state index in [-0.39, 0.29) is 5.75 Å². The number of hydrogen-bond donors (Lipinski definition) is 2. The molecule has 0 bridgehead atoms. The Bertz CT molecular complexity index is 558. The average molecular weight is 314 g/mol. The van der Waals surface area contributed by atoms with Crippen LogP contribution in [0, 0.1) is 0 Å². The zero-order valence-electron chi connectivity index (χ0n) is 8.50. The molecule has 0 aliphatic rings. The number of nitrogens with two attached hydrogens (primary N) is 1. The maximum atomic E-state index is 11.4. The van der Waals surface area contributed by atoms with E-state index in [1.165, 1.54) is 28.4 Å². The molecule has 7 heteroatoms. The zero-order chi connectivity index (χ0) is 12.4. The van der Waals surface area contributed by atoms with Gasteiger partial charge in [0.25, 0.3) is 0 Å². The van der Waals surface area contributed by atoms with E-state index in [4.69, 9.17) is 5.73 Å². The van der Waals surface area contributed by atoms with Gasteiger partial charge in [-0.1, -0.05) is 17.4 Å². The van der Waals surface area contributed by atoms with Crippen LogP contribution in [0.5, 0.6) is 5.75 Å². The number of thiazole rings is 1. The number of carbonyl (C=O) groups is 1. The van der Waals surface area contributed by atoms with E-state index in [1.807, 2.05) is 0 Å². The quantitative estimate of drug-likeness (QED) is 0.894. The Morgan fingerprint density at radius 3 is 2.82 bits per heavy atom. The van der Waals surface area contributed by atoms with E-state index in [9.17, 15) is 9.90 Å². The van der Waals surface area contributed by atoms with Crippen LogP contribution in [0.1, 0.15) is 0 Å². The van der Waals surface area contributed by atoms with Crippen LogP contribution in [0.2, 0.25) is 0 Å². The number of aromatic hydroxyl groups is 1. The number of urea groups is 1. The van der Waals surface area contributed by atoms with Crippen molar-refractivity contribution in [3.05, 3.63) is 34.2 Å². The van der Waals surface area contributed by atoms with Crippen molar-refractivity contribution in [1.29, 1.82) is 0 Å². The summed E-state index contributed by atoms with van der Waals surface area (Å²) in [5, 5.41) is 9.83. The van der Waals surface area contributed by atoms with Gasteiger partial charge in [0, 0.05) is 6.07 Å². The van der Waals surface area contributed by atoms with Crippen LogP contribution in [-0.2, 0) is 0 Å². The van der Waals surface area contributed by atoms with Crippen LogP contribution in [0.3, 0.4) is 0 Å². The van der Waals surface area contributed by atoms with Gasteiger partial charge in [0.15, 0.2) is 5.13 Å². The van der Waals surface area contributed by atoms with Crippen LogP contribution >= 0.6 is 27.3 Å². The van der Waals surface area contributed by atoms with Gasteiger partial charge in [0.05, 0.1) is 15.7 Å². The lowest BCUT2D eigenvalue weighted by atomic mass is 10.3. The molecule has 1 aromatic carbocycles. The van der Waals surface area contributed by atoms with Gasteiger partial charge in [-0.3, -0.25) is 0 Å². The number of phenolic OH excluding ortho intramolecular Hbond substituents is 1. The van der Waals surface area contributed by atoms with E-state index >= 15 is 0 Å². The molecule has 0 radical (unpaired) electrons. The third-order valence-electron chi connectivity index (χ3n) is 1.96. The third kappa shape index (κ3) is 2.56. The number of amides is 2. The molecule has 2 rings (SSSR count). The highest BCUT2D eigenvalue weighted by atomic mass is 79.9. The summed E-state index contributed by atoms with van der Waals surface area (Å²) in [6, 6.07) is 5.60. The maximum absolute atomic E-state index is 11.4. The van der Waals surface area contributed by atoms with Crippen LogP contribution < -0.4 is 10.6 Å². The lowest BCUT2D eigenvalue weighted by molar-refractivity contribution is 0.256. The second-order valence-corrected chi connectivity index (χ2v) is 5.53. The van der Waals surface area contributed by atoms with Gasteiger partial charge in [-0.05, 0) is 28.1 Å². The first-order chi connectivity index (χ1) is 8.08. The summed E-state index contributed by atoms with van der Waals surface area (Å²) in [6.07, 6.45) is 1.58. The van der Waals surface area contributed by atoms with Crippen molar-refractivity contribution in [2.24, 2.45) is 5.73 Å². The summed E-state index contributed by atoms with van der Waals surface area (Å²) in [5.74, 6) is 0.0596. The number of primary amides is 1. The van der Waals surface area contributed by atoms with Gasteiger partial charge >= 0.3 is 6.03 Å². The van der Waals surface area contributed by atoms with E-state index < -0.39 is 6.03 Å². The number of hydrogen-bond acceptors (Lipinski definition) is 4. The minimum atomic E-state index is -0.655. The normalized spacial score (nSPS) is 10.2. The number of anilines is 2. The van der Waals surface area contributed by atoms with Gasteiger partial charge in [-0.15, -0.1) is 0 Å². The van der Waals surface area contributed by atoms with Crippen molar-refractivity contribution in [2.45, 2.75) is 0 Å². The number of halogens is 1. The van der Waals surface area contributed by atoms with Crippen molar-refractivity contribution in [3.8, 4) is 5.75 Å². The minimum absolute atomic E-state index is 0.0596. The molecule has 17 heavy (non-hydrogen) atoms. The lowest BCUT2D eigenvalue weighted by Crippen LogP contribution is -2.31. The van der Waals surface area contributed by atoms with E-state index in [0.29, 0.717) is 10.8 Å². The molecule has 0 spiro atoms. The third-order valence-corrected chi connectivity index (χ3v) is 3.43. The van der Waals surface area contributed by atoms with Crippen molar-refractivity contribution in [2.75, 3.05) is 4.90 Å². The molecule has 5 nitrogen and oxygen atoms in total. The fourth-order valence-corrected chi connectivity index (χ4v) is 2.52. The van der Waals surface area contributed by atoms with Gasteiger partial charge < -0.3 is 10.8 Å². The monoisotopic (exact) mass is 313 g/mol.